The minimum atomic E-state index is 0.0196. The van der Waals surface area contributed by atoms with E-state index in [1.807, 2.05) is 24.3 Å². The van der Waals surface area contributed by atoms with Gasteiger partial charge in [-0.3, -0.25) is 9.69 Å². The summed E-state index contributed by atoms with van der Waals surface area (Å²) in [5, 5.41) is 3.01. The van der Waals surface area contributed by atoms with Gasteiger partial charge in [0.1, 0.15) is 11.5 Å². The summed E-state index contributed by atoms with van der Waals surface area (Å²) in [6, 6.07) is 7.59. The van der Waals surface area contributed by atoms with Crippen LogP contribution in [-0.2, 0) is 16.0 Å². The van der Waals surface area contributed by atoms with Gasteiger partial charge in [-0.05, 0) is 24.3 Å². The van der Waals surface area contributed by atoms with Crippen LogP contribution in [0.15, 0.2) is 45.6 Å². The summed E-state index contributed by atoms with van der Waals surface area (Å²) in [6.07, 6.45) is 4.32. The number of furan rings is 2. The van der Waals surface area contributed by atoms with Crippen molar-refractivity contribution in [2.24, 2.45) is 0 Å². The summed E-state index contributed by atoms with van der Waals surface area (Å²) >= 11 is 0. The third-order valence-electron chi connectivity index (χ3n) is 4.03. The Morgan fingerprint density at radius 2 is 1.96 bits per heavy atom. The van der Waals surface area contributed by atoms with E-state index in [0.717, 1.165) is 24.6 Å². The maximum absolute atomic E-state index is 12.1. The van der Waals surface area contributed by atoms with Gasteiger partial charge in [-0.1, -0.05) is 0 Å². The topological polar surface area (TPSA) is 67.9 Å². The van der Waals surface area contributed by atoms with E-state index in [4.69, 9.17) is 13.6 Å². The number of aryl methyl sites for hydroxylation is 1. The second-order valence-electron chi connectivity index (χ2n) is 5.56. The van der Waals surface area contributed by atoms with Gasteiger partial charge < -0.3 is 18.9 Å². The summed E-state index contributed by atoms with van der Waals surface area (Å²) in [4.78, 5) is 14.4. The molecular formula is C17H22N2O4. The van der Waals surface area contributed by atoms with Gasteiger partial charge >= 0.3 is 0 Å². The van der Waals surface area contributed by atoms with Crippen LogP contribution in [0.25, 0.3) is 0 Å². The maximum Gasteiger partial charge on any atom is 0.220 e. The minimum Gasteiger partial charge on any atom is -0.469 e. The highest BCUT2D eigenvalue weighted by molar-refractivity contribution is 5.76. The summed E-state index contributed by atoms with van der Waals surface area (Å²) in [6.45, 7) is 3.64. The number of carbonyl (C=O) groups is 1. The van der Waals surface area contributed by atoms with E-state index >= 15 is 0 Å². The number of hydrogen-bond donors (Lipinski definition) is 1. The van der Waals surface area contributed by atoms with Gasteiger partial charge in [0.25, 0.3) is 0 Å². The molecule has 1 unspecified atom stereocenters. The Balaban J connectivity index is 1.52. The molecule has 0 spiro atoms. The van der Waals surface area contributed by atoms with Gasteiger partial charge in [-0.2, -0.15) is 0 Å². The van der Waals surface area contributed by atoms with E-state index in [0.29, 0.717) is 32.6 Å². The monoisotopic (exact) mass is 318 g/mol. The number of ether oxygens (including phenoxy) is 1. The molecule has 6 heteroatoms. The summed E-state index contributed by atoms with van der Waals surface area (Å²) in [5.74, 6) is 1.72. The third kappa shape index (κ3) is 4.46. The predicted molar refractivity (Wildman–Crippen MR) is 83.9 cm³/mol. The zero-order chi connectivity index (χ0) is 15.9. The Hall–Kier alpha value is -2.05. The van der Waals surface area contributed by atoms with Crippen LogP contribution >= 0.6 is 0 Å². The van der Waals surface area contributed by atoms with Crippen molar-refractivity contribution in [1.29, 1.82) is 0 Å². The molecule has 23 heavy (non-hydrogen) atoms. The van der Waals surface area contributed by atoms with Crippen molar-refractivity contribution >= 4 is 5.91 Å². The number of carbonyl (C=O) groups excluding carboxylic acids is 1. The summed E-state index contributed by atoms with van der Waals surface area (Å²) < 4.78 is 16.2. The van der Waals surface area contributed by atoms with Crippen molar-refractivity contribution in [1.82, 2.24) is 10.2 Å². The SMILES string of the molecule is O=C(CCc1ccco1)NCC(c1ccco1)N1CCOCC1. The average molecular weight is 318 g/mol. The second kappa shape index (κ2) is 7.99. The number of nitrogens with zero attached hydrogens (tertiary/aromatic N) is 1. The van der Waals surface area contributed by atoms with Crippen LogP contribution in [0.5, 0.6) is 0 Å². The Kier molecular flexibility index (Phi) is 5.50. The lowest BCUT2D eigenvalue weighted by Gasteiger charge is -2.33. The number of rotatable bonds is 7. The molecule has 0 aromatic carbocycles. The lowest BCUT2D eigenvalue weighted by Crippen LogP contribution is -2.43. The first-order valence-corrected chi connectivity index (χ1v) is 7.97. The van der Waals surface area contributed by atoms with Crippen molar-refractivity contribution in [3.8, 4) is 0 Å². The van der Waals surface area contributed by atoms with Gasteiger partial charge in [-0.25, -0.2) is 0 Å². The van der Waals surface area contributed by atoms with Crippen molar-refractivity contribution < 1.29 is 18.4 Å². The van der Waals surface area contributed by atoms with Gasteiger partial charge in [-0.15, -0.1) is 0 Å². The molecule has 2 aromatic heterocycles. The van der Waals surface area contributed by atoms with Crippen molar-refractivity contribution in [3.63, 3.8) is 0 Å². The first kappa shape index (κ1) is 15.8. The molecule has 0 radical (unpaired) electrons. The van der Waals surface area contributed by atoms with Crippen LogP contribution in [0.1, 0.15) is 24.0 Å². The molecule has 0 bridgehead atoms. The van der Waals surface area contributed by atoms with E-state index in [-0.39, 0.29) is 11.9 Å². The molecular weight excluding hydrogens is 296 g/mol. The van der Waals surface area contributed by atoms with Crippen LogP contribution < -0.4 is 5.32 Å². The molecule has 1 N–H and O–H groups in total. The Bertz CT molecular complexity index is 574. The minimum absolute atomic E-state index is 0.0196. The number of hydrogen-bond acceptors (Lipinski definition) is 5. The molecule has 3 rings (SSSR count). The van der Waals surface area contributed by atoms with Gasteiger partial charge in [0.15, 0.2) is 0 Å². The summed E-state index contributed by atoms with van der Waals surface area (Å²) in [5.41, 5.74) is 0. The Labute approximate surface area is 135 Å². The molecule has 1 amide bonds. The summed E-state index contributed by atoms with van der Waals surface area (Å²) in [7, 11) is 0. The van der Waals surface area contributed by atoms with Crippen molar-refractivity contribution in [2.45, 2.75) is 18.9 Å². The molecule has 2 aromatic rings. The van der Waals surface area contributed by atoms with E-state index in [9.17, 15) is 4.79 Å². The lowest BCUT2D eigenvalue weighted by molar-refractivity contribution is -0.121. The highest BCUT2D eigenvalue weighted by atomic mass is 16.5. The average Bonchev–Trinajstić information content (AvgIpc) is 3.28. The van der Waals surface area contributed by atoms with Crippen LogP contribution in [-0.4, -0.2) is 43.7 Å². The van der Waals surface area contributed by atoms with E-state index in [1.165, 1.54) is 0 Å². The molecule has 1 aliphatic heterocycles. The molecule has 124 valence electrons. The largest absolute Gasteiger partial charge is 0.469 e. The van der Waals surface area contributed by atoms with Crippen molar-refractivity contribution in [2.75, 3.05) is 32.8 Å². The van der Waals surface area contributed by atoms with E-state index in [1.54, 1.807) is 12.5 Å². The van der Waals surface area contributed by atoms with Crippen LogP contribution in [0.4, 0.5) is 0 Å². The number of morpholine rings is 1. The standard InChI is InChI=1S/C17H22N2O4/c20-17(6-5-14-3-1-9-22-14)18-13-15(16-4-2-10-23-16)19-7-11-21-12-8-19/h1-4,9-10,15H,5-8,11-13H2,(H,18,20). The Morgan fingerprint density at radius 3 is 2.65 bits per heavy atom. The maximum atomic E-state index is 12.1. The molecule has 3 heterocycles. The van der Waals surface area contributed by atoms with Crippen molar-refractivity contribution in [3.05, 3.63) is 48.3 Å². The fourth-order valence-corrected chi connectivity index (χ4v) is 2.77. The molecule has 0 saturated carbocycles. The zero-order valence-corrected chi connectivity index (χ0v) is 13.1. The second-order valence-corrected chi connectivity index (χ2v) is 5.56. The van der Waals surface area contributed by atoms with E-state index < -0.39 is 0 Å². The molecule has 1 atom stereocenters. The zero-order valence-electron chi connectivity index (χ0n) is 13.1. The highest BCUT2D eigenvalue weighted by Crippen LogP contribution is 2.21. The van der Waals surface area contributed by atoms with E-state index in [2.05, 4.69) is 10.2 Å². The lowest BCUT2D eigenvalue weighted by atomic mass is 10.1. The fourth-order valence-electron chi connectivity index (χ4n) is 2.77. The number of nitrogens with one attached hydrogen (secondary N) is 1. The first-order valence-electron chi connectivity index (χ1n) is 7.97. The van der Waals surface area contributed by atoms with Gasteiger partial charge in [0.05, 0.1) is 31.8 Å². The van der Waals surface area contributed by atoms with Gasteiger partial charge in [0.2, 0.25) is 5.91 Å². The molecule has 1 fully saturated rings. The normalized spacial score (nSPS) is 17.0. The predicted octanol–water partition coefficient (Wildman–Crippen LogP) is 1.99. The highest BCUT2D eigenvalue weighted by Gasteiger charge is 2.25. The fraction of sp³-hybridized carbons (Fsp3) is 0.471. The first-order chi connectivity index (χ1) is 11.3. The molecule has 1 saturated heterocycles. The van der Waals surface area contributed by atoms with Crippen LogP contribution in [0.2, 0.25) is 0 Å². The molecule has 6 nitrogen and oxygen atoms in total. The molecule has 0 aliphatic carbocycles. The van der Waals surface area contributed by atoms with Crippen LogP contribution in [0, 0.1) is 0 Å². The quantitative estimate of drug-likeness (QED) is 0.845. The van der Waals surface area contributed by atoms with Crippen LogP contribution in [0.3, 0.4) is 0 Å². The number of amides is 1. The molecule has 1 aliphatic rings. The third-order valence-corrected chi connectivity index (χ3v) is 4.03. The van der Waals surface area contributed by atoms with Gasteiger partial charge in [0, 0.05) is 32.5 Å². The smallest absolute Gasteiger partial charge is 0.220 e. The Morgan fingerprint density at radius 1 is 1.17 bits per heavy atom.